The van der Waals surface area contributed by atoms with Crippen LogP contribution in [0.4, 0.5) is 37.6 Å². The smallest absolute Gasteiger partial charge is 0.247 e. The number of benzene rings is 1. The molecule has 242 valence electrons. The molecule has 3 atom stereocenters. The fraction of sp³-hybridized carbons (Fsp3) is 0.438. The molecule has 3 aromatic rings. The first-order valence-corrected chi connectivity index (χ1v) is 15.5. The van der Waals surface area contributed by atoms with Gasteiger partial charge in [0, 0.05) is 50.3 Å². The summed E-state index contributed by atoms with van der Waals surface area (Å²) in [7, 11) is 1.53. The summed E-state index contributed by atoms with van der Waals surface area (Å²) in [5, 5.41) is 7.66. The van der Waals surface area contributed by atoms with Crippen molar-refractivity contribution < 1.29 is 27.9 Å². The third kappa shape index (κ3) is 6.07. The van der Waals surface area contributed by atoms with E-state index < -0.39 is 17.7 Å². The van der Waals surface area contributed by atoms with Gasteiger partial charge in [-0.15, -0.1) is 0 Å². The summed E-state index contributed by atoms with van der Waals surface area (Å²) < 4.78 is 39.5. The number of aromatic nitrogens is 3. The maximum Gasteiger partial charge on any atom is 0.247 e. The second-order valence-electron chi connectivity index (χ2n) is 11.9. The number of halogens is 2. The molecule has 0 aliphatic carbocycles. The largest absolute Gasteiger partial charge is 0.479 e. The Labute approximate surface area is 265 Å². The Morgan fingerprint density at radius 2 is 1.87 bits per heavy atom. The predicted molar refractivity (Wildman–Crippen MR) is 167 cm³/mol. The maximum atomic E-state index is 14.0. The molecule has 7 rings (SSSR count). The molecule has 6 heterocycles. The normalized spacial score (nSPS) is 23.2. The lowest BCUT2D eigenvalue weighted by atomic mass is 10.0. The van der Waals surface area contributed by atoms with Gasteiger partial charge in [0.2, 0.25) is 11.8 Å². The van der Waals surface area contributed by atoms with Gasteiger partial charge >= 0.3 is 0 Å². The molecule has 2 aromatic heterocycles. The lowest BCUT2D eigenvalue weighted by Gasteiger charge is -2.41. The third-order valence-electron chi connectivity index (χ3n) is 9.10. The Hall–Kier alpha value is -4.40. The molecule has 46 heavy (non-hydrogen) atoms. The lowest BCUT2D eigenvalue weighted by Crippen LogP contribution is -2.49. The summed E-state index contributed by atoms with van der Waals surface area (Å²) in [4.78, 5) is 36.6. The van der Waals surface area contributed by atoms with E-state index in [0.717, 1.165) is 51.6 Å². The van der Waals surface area contributed by atoms with Crippen molar-refractivity contribution in [1.82, 2.24) is 19.9 Å². The van der Waals surface area contributed by atoms with E-state index in [9.17, 15) is 13.6 Å². The monoisotopic (exact) mass is 634 g/mol. The van der Waals surface area contributed by atoms with Crippen LogP contribution in [0.1, 0.15) is 37.3 Å². The average Bonchev–Trinajstić information content (AvgIpc) is 3.83. The molecule has 0 saturated carbocycles. The van der Waals surface area contributed by atoms with Gasteiger partial charge in [0.15, 0.2) is 11.6 Å². The standard InChI is InChI=1S/C32H36F2N8O4/c1-3-30(43)38-25-14-26(32(44-2)39-31(25)40-7-4-22(5-8-40)41-16-24-13-23(41)17-45-24)37-28-15-29(36-18-35-28)42-27(6-9-46-42)19-10-20(33)12-21(34)11-19/h3,10-12,14-15,18,22-24,27H,1,4-9,13,16-17H2,2H3,(H,38,43)(H,35,36,37)/t23-,24-,27?/m1/s1. The SMILES string of the molecule is C=CC(=O)Nc1cc(Nc2cc(N3OCCC3c3cc(F)cc(F)c3)ncn2)c(OC)nc1N1CCC(N2C[C@H]3C[C@@H]2CO3)CC1. The summed E-state index contributed by atoms with van der Waals surface area (Å²) >= 11 is 0. The lowest BCUT2D eigenvalue weighted by molar-refractivity contribution is -0.111. The first kappa shape index (κ1) is 30.3. The zero-order valence-corrected chi connectivity index (χ0v) is 25.5. The molecule has 2 bridgehead atoms. The first-order valence-electron chi connectivity index (χ1n) is 15.5. The number of hydrogen-bond acceptors (Lipinski definition) is 11. The van der Waals surface area contributed by atoms with Crippen LogP contribution in [0.5, 0.6) is 5.88 Å². The molecular weight excluding hydrogens is 598 g/mol. The highest BCUT2D eigenvalue weighted by Crippen LogP contribution is 2.39. The Bertz CT molecular complexity index is 1600. The van der Waals surface area contributed by atoms with Crippen LogP contribution in [0, 0.1) is 11.6 Å². The summed E-state index contributed by atoms with van der Waals surface area (Å²) in [5.41, 5.74) is 1.41. The summed E-state index contributed by atoms with van der Waals surface area (Å²) in [6.07, 6.45) is 6.54. The third-order valence-corrected chi connectivity index (χ3v) is 9.10. The molecule has 4 aliphatic rings. The van der Waals surface area contributed by atoms with Gasteiger partial charge in [-0.1, -0.05) is 6.58 Å². The number of methoxy groups -OCH3 is 1. The highest BCUT2D eigenvalue weighted by molar-refractivity contribution is 6.01. The number of carbonyl (C=O) groups is 1. The molecule has 0 radical (unpaired) electrons. The van der Waals surface area contributed by atoms with Crippen molar-refractivity contribution in [2.75, 3.05) is 60.6 Å². The van der Waals surface area contributed by atoms with Gasteiger partial charge in [0.05, 0.1) is 38.2 Å². The number of anilines is 5. The second-order valence-corrected chi connectivity index (χ2v) is 11.9. The van der Waals surface area contributed by atoms with Gasteiger partial charge in [-0.2, -0.15) is 4.98 Å². The zero-order chi connectivity index (χ0) is 31.8. The predicted octanol–water partition coefficient (Wildman–Crippen LogP) is 4.35. The fourth-order valence-corrected chi connectivity index (χ4v) is 6.97. The first-order chi connectivity index (χ1) is 22.4. The number of piperidine rings is 1. The number of hydroxylamine groups is 1. The van der Waals surface area contributed by atoms with Crippen LogP contribution in [0.2, 0.25) is 0 Å². The van der Waals surface area contributed by atoms with Crippen LogP contribution in [0.3, 0.4) is 0 Å². The maximum absolute atomic E-state index is 14.0. The van der Waals surface area contributed by atoms with Crippen LogP contribution >= 0.6 is 0 Å². The topological polar surface area (TPSA) is 117 Å². The Morgan fingerprint density at radius 1 is 1.07 bits per heavy atom. The van der Waals surface area contributed by atoms with Crippen LogP contribution in [0.15, 0.2) is 49.3 Å². The van der Waals surface area contributed by atoms with E-state index >= 15 is 0 Å². The van der Waals surface area contributed by atoms with Crippen LogP contribution < -0.4 is 25.3 Å². The molecule has 4 saturated heterocycles. The van der Waals surface area contributed by atoms with E-state index in [1.54, 1.807) is 12.1 Å². The Kier molecular flexibility index (Phi) is 8.40. The van der Waals surface area contributed by atoms with Crippen molar-refractivity contribution in [2.45, 2.75) is 49.9 Å². The molecule has 2 N–H and O–H groups in total. The molecule has 1 aromatic carbocycles. The molecule has 12 nitrogen and oxygen atoms in total. The second kappa shape index (κ2) is 12.8. The summed E-state index contributed by atoms with van der Waals surface area (Å²) in [5.74, 6) is 0.0313. The number of morpholine rings is 1. The minimum Gasteiger partial charge on any atom is -0.479 e. The van der Waals surface area contributed by atoms with Gasteiger partial charge in [-0.3, -0.25) is 14.5 Å². The number of rotatable bonds is 9. The average molecular weight is 635 g/mol. The Morgan fingerprint density at radius 3 is 2.57 bits per heavy atom. The van der Waals surface area contributed by atoms with Crippen molar-refractivity contribution in [2.24, 2.45) is 0 Å². The number of fused-ring (bicyclic) bond motifs is 2. The van der Waals surface area contributed by atoms with Gasteiger partial charge in [-0.05, 0) is 49.1 Å². The van der Waals surface area contributed by atoms with Crippen LogP contribution in [0.25, 0.3) is 0 Å². The van der Waals surface area contributed by atoms with Crippen molar-refractivity contribution in [3.8, 4) is 5.88 Å². The number of likely N-dealkylation sites (tertiary alicyclic amines) is 1. The van der Waals surface area contributed by atoms with Gasteiger partial charge in [0.1, 0.15) is 29.5 Å². The Balaban J connectivity index is 1.12. The van der Waals surface area contributed by atoms with Crippen LogP contribution in [-0.4, -0.2) is 83.9 Å². The van der Waals surface area contributed by atoms with E-state index in [0.29, 0.717) is 71.5 Å². The van der Waals surface area contributed by atoms with E-state index in [1.165, 1.54) is 36.7 Å². The van der Waals surface area contributed by atoms with Crippen molar-refractivity contribution >= 4 is 34.7 Å². The zero-order valence-electron chi connectivity index (χ0n) is 25.5. The highest BCUT2D eigenvalue weighted by atomic mass is 19.1. The fourth-order valence-electron chi connectivity index (χ4n) is 6.97. The molecule has 1 amide bonds. The minimum absolute atomic E-state index is 0.313. The van der Waals surface area contributed by atoms with Crippen molar-refractivity contribution in [3.05, 3.63) is 66.5 Å². The van der Waals surface area contributed by atoms with Crippen LogP contribution in [-0.2, 0) is 14.4 Å². The number of ether oxygens (including phenoxy) is 2. The summed E-state index contributed by atoms with van der Waals surface area (Å²) in [6, 6.07) is 7.41. The van der Waals surface area contributed by atoms with E-state index in [4.69, 9.17) is 19.3 Å². The minimum atomic E-state index is -0.660. The van der Waals surface area contributed by atoms with Crippen molar-refractivity contribution in [1.29, 1.82) is 0 Å². The number of nitrogens with one attached hydrogen (secondary N) is 2. The highest BCUT2D eigenvalue weighted by Gasteiger charge is 2.43. The molecular formula is C32H36F2N8O4. The number of pyridine rings is 1. The van der Waals surface area contributed by atoms with E-state index in [1.807, 2.05) is 0 Å². The van der Waals surface area contributed by atoms with Gasteiger partial charge in [-0.25, -0.2) is 23.8 Å². The van der Waals surface area contributed by atoms with Gasteiger partial charge in [0.25, 0.3) is 0 Å². The summed E-state index contributed by atoms with van der Waals surface area (Å²) in [6.45, 7) is 7.34. The molecule has 1 unspecified atom stereocenters. The number of carbonyl (C=O) groups excluding carboxylic acids is 1. The number of hydrogen-bond donors (Lipinski definition) is 2. The molecule has 4 aliphatic heterocycles. The van der Waals surface area contributed by atoms with Crippen molar-refractivity contribution in [3.63, 3.8) is 0 Å². The quantitative estimate of drug-likeness (QED) is 0.327. The number of nitrogens with zero attached hydrogens (tertiary/aromatic N) is 6. The van der Waals surface area contributed by atoms with Gasteiger partial charge < -0.3 is 25.0 Å². The number of amides is 1. The molecule has 0 spiro atoms. The van der Waals surface area contributed by atoms with E-state index in [-0.39, 0.29) is 5.91 Å². The van der Waals surface area contributed by atoms with E-state index in [2.05, 4.69) is 37.0 Å². The molecule has 14 heteroatoms. The molecule has 4 fully saturated rings.